The molecule has 1 unspecified atom stereocenters. The van der Waals surface area contributed by atoms with Gasteiger partial charge in [-0.1, -0.05) is 29.8 Å². The van der Waals surface area contributed by atoms with E-state index in [0.717, 1.165) is 28.1 Å². The number of carbonyl (C=O) groups is 3. The Bertz CT molecular complexity index is 987. The predicted molar refractivity (Wildman–Crippen MR) is 125 cm³/mol. The van der Waals surface area contributed by atoms with Crippen LogP contribution in [0.25, 0.3) is 0 Å². The van der Waals surface area contributed by atoms with Crippen LogP contribution in [-0.2, 0) is 19.1 Å². The first-order valence-corrected chi connectivity index (χ1v) is 10.8. The molecule has 170 valence electrons. The summed E-state index contributed by atoms with van der Waals surface area (Å²) >= 11 is 0. The van der Waals surface area contributed by atoms with Crippen LogP contribution >= 0.6 is 0 Å². The summed E-state index contributed by atoms with van der Waals surface area (Å²) in [7, 11) is 1.55. The molecule has 0 bridgehead atoms. The number of methoxy groups -OCH3 is 1. The van der Waals surface area contributed by atoms with Crippen molar-refractivity contribution < 1.29 is 19.1 Å². The number of aryl methyl sites for hydroxylation is 2. The molecule has 1 atom stereocenters. The summed E-state index contributed by atoms with van der Waals surface area (Å²) in [5.74, 6) is -1.06. The molecule has 2 aromatic carbocycles. The molecule has 0 spiro atoms. The van der Waals surface area contributed by atoms with Crippen molar-refractivity contribution in [1.29, 1.82) is 0 Å². The lowest BCUT2D eigenvalue weighted by atomic mass is 10.1. The molecule has 0 saturated carbocycles. The van der Waals surface area contributed by atoms with Gasteiger partial charge in [0.1, 0.15) is 0 Å². The largest absolute Gasteiger partial charge is 0.383 e. The van der Waals surface area contributed by atoms with Crippen molar-refractivity contribution in [3.8, 4) is 0 Å². The van der Waals surface area contributed by atoms with Crippen molar-refractivity contribution >= 4 is 29.1 Å². The standard InChI is InChI=1S/C25H31N3O4/c1-17-8-10-21(11-9-17)28-15-20(14-24(28)30)25(31)27(12-13-32-4)16-23(29)26-22-7-5-6-18(2)19(22)3/h5-11,20H,12-16H2,1-4H3,(H,26,29). The van der Waals surface area contributed by atoms with E-state index in [4.69, 9.17) is 4.74 Å². The topological polar surface area (TPSA) is 79.0 Å². The molecule has 3 amide bonds. The third-order valence-corrected chi connectivity index (χ3v) is 5.91. The minimum atomic E-state index is -0.492. The van der Waals surface area contributed by atoms with Gasteiger partial charge in [-0.2, -0.15) is 0 Å². The zero-order valence-corrected chi connectivity index (χ0v) is 19.2. The Balaban J connectivity index is 1.69. The lowest BCUT2D eigenvalue weighted by molar-refractivity contribution is -0.139. The van der Waals surface area contributed by atoms with Crippen molar-refractivity contribution in [2.75, 3.05) is 43.6 Å². The van der Waals surface area contributed by atoms with E-state index in [2.05, 4.69) is 5.32 Å². The number of amides is 3. The highest BCUT2D eigenvalue weighted by molar-refractivity contribution is 6.01. The van der Waals surface area contributed by atoms with Gasteiger partial charge in [0.25, 0.3) is 0 Å². The molecule has 32 heavy (non-hydrogen) atoms. The maximum atomic E-state index is 13.2. The molecular formula is C25H31N3O4. The molecule has 3 rings (SSSR count). The molecule has 7 heteroatoms. The number of nitrogens with one attached hydrogen (secondary N) is 1. The van der Waals surface area contributed by atoms with Crippen LogP contribution in [0, 0.1) is 26.7 Å². The maximum Gasteiger partial charge on any atom is 0.244 e. The zero-order valence-electron chi connectivity index (χ0n) is 19.2. The first kappa shape index (κ1) is 23.5. The van der Waals surface area contributed by atoms with Gasteiger partial charge in [0.15, 0.2) is 0 Å². The van der Waals surface area contributed by atoms with Gasteiger partial charge in [0.2, 0.25) is 17.7 Å². The van der Waals surface area contributed by atoms with Crippen LogP contribution in [-0.4, -0.2) is 56.0 Å². The van der Waals surface area contributed by atoms with Gasteiger partial charge in [0.05, 0.1) is 19.1 Å². The van der Waals surface area contributed by atoms with Crippen LogP contribution in [0.2, 0.25) is 0 Å². The van der Waals surface area contributed by atoms with Gasteiger partial charge in [-0.15, -0.1) is 0 Å². The van der Waals surface area contributed by atoms with Crippen LogP contribution in [0.1, 0.15) is 23.1 Å². The average molecular weight is 438 g/mol. The number of anilines is 2. The maximum absolute atomic E-state index is 13.2. The first-order valence-electron chi connectivity index (χ1n) is 10.8. The molecule has 1 saturated heterocycles. The minimum absolute atomic E-state index is 0.0845. The smallest absolute Gasteiger partial charge is 0.244 e. The van der Waals surface area contributed by atoms with Crippen molar-refractivity contribution in [1.82, 2.24) is 4.90 Å². The fraction of sp³-hybridized carbons (Fsp3) is 0.400. The second-order valence-corrected chi connectivity index (χ2v) is 8.29. The molecular weight excluding hydrogens is 406 g/mol. The number of nitrogens with zero attached hydrogens (tertiary/aromatic N) is 2. The fourth-order valence-electron chi connectivity index (χ4n) is 3.82. The summed E-state index contributed by atoms with van der Waals surface area (Å²) in [6.07, 6.45) is 0.134. The molecule has 0 aliphatic carbocycles. The second kappa shape index (κ2) is 10.4. The lowest BCUT2D eigenvalue weighted by Gasteiger charge is -2.25. The minimum Gasteiger partial charge on any atom is -0.383 e. The van der Waals surface area contributed by atoms with Gasteiger partial charge in [0, 0.05) is 38.0 Å². The van der Waals surface area contributed by atoms with E-state index in [9.17, 15) is 14.4 Å². The third kappa shape index (κ3) is 5.53. The van der Waals surface area contributed by atoms with Crippen LogP contribution in [0.15, 0.2) is 42.5 Å². The molecule has 1 N–H and O–H groups in total. The molecule has 1 fully saturated rings. The van der Waals surface area contributed by atoms with Gasteiger partial charge in [-0.25, -0.2) is 0 Å². The van der Waals surface area contributed by atoms with Crippen molar-refractivity contribution in [3.63, 3.8) is 0 Å². The van der Waals surface area contributed by atoms with E-state index in [1.165, 1.54) is 4.90 Å². The normalized spacial score (nSPS) is 15.7. The van der Waals surface area contributed by atoms with Gasteiger partial charge in [-0.3, -0.25) is 14.4 Å². The molecule has 1 aliphatic rings. The summed E-state index contributed by atoms with van der Waals surface area (Å²) in [4.78, 5) is 41.7. The van der Waals surface area contributed by atoms with Crippen LogP contribution in [0.3, 0.4) is 0 Å². The number of hydrogen-bond acceptors (Lipinski definition) is 4. The SMILES string of the molecule is COCCN(CC(=O)Nc1cccc(C)c1C)C(=O)C1CC(=O)N(c2ccc(C)cc2)C1. The number of benzene rings is 2. The van der Waals surface area contributed by atoms with Crippen LogP contribution in [0.4, 0.5) is 11.4 Å². The zero-order chi connectivity index (χ0) is 23.3. The molecule has 1 heterocycles. The molecule has 0 radical (unpaired) electrons. The first-order chi connectivity index (χ1) is 15.3. The van der Waals surface area contributed by atoms with Crippen molar-refractivity contribution in [2.24, 2.45) is 5.92 Å². The molecule has 1 aliphatic heterocycles. The van der Waals surface area contributed by atoms with Gasteiger partial charge in [-0.05, 0) is 50.1 Å². The third-order valence-electron chi connectivity index (χ3n) is 5.91. The van der Waals surface area contributed by atoms with Gasteiger partial charge < -0.3 is 19.9 Å². The Kier molecular flexibility index (Phi) is 7.64. The predicted octanol–water partition coefficient (Wildman–Crippen LogP) is 3.08. The Morgan fingerprint density at radius 3 is 2.53 bits per heavy atom. The highest BCUT2D eigenvalue weighted by atomic mass is 16.5. The van der Waals surface area contributed by atoms with E-state index in [1.54, 1.807) is 12.0 Å². The summed E-state index contributed by atoms with van der Waals surface area (Å²) in [6.45, 7) is 6.72. The fourth-order valence-corrected chi connectivity index (χ4v) is 3.82. The quantitative estimate of drug-likeness (QED) is 0.688. The van der Waals surface area contributed by atoms with Crippen LogP contribution in [0.5, 0.6) is 0 Å². The average Bonchev–Trinajstić information content (AvgIpc) is 3.16. The van der Waals surface area contributed by atoms with E-state index in [0.29, 0.717) is 13.2 Å². The highest BCUT2D eigenvalue weighted by Gasteiger charge is 2.37. The highest BCUT2D eigenvalue weighted by Crippen LogP contribution is 2.27. The van der Waals surface area contributed by atoms with E-state index in [-0.39, 0.29) is 37.2 Å². The monoisotopic (exact) mass is 437 g/mol. The van der Waals surface area contributed by atoms with Crippen molar-refractivity contribution in [2.45, 2.75) is 27.2 Å². The molecule has 7 nitrogen and oxygen atoms in total. The Hall–Kier alpha value is -3.19. The molecule has 0 aromatic heterocycles. The number of ether oxygens (including phenoxy) is 1. The van der Waals surface area contributed by atoms with E-state index < -0.39 is 5.92 Å². The number of carbonyl (C=O) groups excluding carboxylic acids is 3. The Morgan fingerprint density at radius 1 is 1.12 bits per heavy atom. The summed E-state index contributed by atoms with van der Waals surface area (Å²) in [5, 5.41) is 2.90. The Morgan fingerprint density at radius 2 is 1.84 bits per heavy atom. The second-order valence-electron chi connectivity index (χ2n) is 8.29. The van der Waals surface area contributed by atoms with Crippen LogP contribution < -0.4 is 10.2 Å². The van der Waals surface area contributed by atoms with E-state index >= 15 is 0 Å². The summed E-state index contributed by atoms with van der Waals surface area (Å²) in [6, 6.07) is 13.4. The van der Waals surface area contributed by atoms with Crippen molar-refractivity contribution in [3.05, 3.63) is 59.2 Å². The summed E-state index contributed by atoms with van der Waals surface area (Å²) < 4.78 is 5.14. The number of hydrogen-bond donors (Lipinski definition) is 1. The summed E-state index contributed by atoms with van der Waals surface area (Å²) in [5.41, 5.74) is 4.69. The van der Waals surface area contributed by atoms with E-state index in [1.807, 2.05) is 63.2 Å². The molecule has 2 aromatic rings. The lowest BCUT2D eigenvalue weighted by Crippen LogP contribution is -2.43. The Labute approximate surface area is 189 Å². The van der Waals surface area contributed by atoms with Gasteiger partial charge >= 0.3 is 0 Å². The number of rotatable bonds is 8.